The van der Waals surface area contributed by atoms with Crippen molar-refractivity contribution in [3.63, 3.8) is 0 Å². The zero-order valence-corrected chi connectivity index (χ0v) is 6.17. The Bertz CT molecular complexity index is 345. The highest BCUT2D eigenvalue weighted by atomic mass is 19.1. The summed E-state index contributed by atoms with van der Waals surface area (Å²) in [5, 5.41) is 0. The van der Waals surface area contributed by atoms with Gasteiger partial charge in [-0.25, -0.2) is 4.39 Å². The van der Waals surface area contributed by atoms with Crippen molar-refractivity contribution >= 4 is 5.91 Å². The number of primary amides is 1. The van der Waals surface area contributed by atoms with E-state index in [0.717, 1.165) is 0 Å². The van der Waals surface area contributed by atoms with Gasteiger partial charge < -0.3 is 5.73 Å². The van der Waals surface area contributed by atoms with Crippen LogP contribution in [0, 0.1) is 17.7 Å². The van der Waals surface area contributed by atoms with Crippen molar-refractivity contribution in [3.8, 4) is 11.8 Å². The molecule has 0 radical (unpaired) electrons. The van der Waals surface area contributed by atoms with Crippen LogP contribution in [-0.4, -0.2) is 5.91 Å². The molecule has 0 aliphatic heterocycles. The van der Waals surface area contributed by atoms with Crippen molar-refractivity contribution in [2.75, 3.05) is 0 Å². The quantitative estimate of drug-likeness (QED) is 0.561. The summed E-state index contributed by atoms with van der Waals surface area (Å²) < 4.78 is 12.3. The number of hydrogen-bond donors (Lipinski definition) is 1. The van der Waals surface area contributed by atoms with E-state index in [1.807, 2.05) is 0 Å². The Labute approximate surface area is 69.2 Å². The number of carbonyl (C=O) groups excluding carboxylic acids is 1. The summed E-state index contributed by atoms with van der Waals surface area (Å²) in [4.78, 5) is 10.2. The van der Waals surface area contributed by atoms with Crippen molar-refractivity contribution < 1.29 is 9.18 Å². The summed E-state index contributed by atoms with van der Waals surface area (Å²) in [7, 11) is 0. The van der Waals surface area contributed by atoms with Gasteiger partial charge in [-0.2, -0.15) is 0 Å². The number of amides is 1. The summed E-state index contributed by atoms with van der Waals surface area (Å²) in [5.74, 6) is 3.60. The Morgan fingerprint density at radius 3 is 2.42 bits per heavy atom. The molecular formula is C9H6FNO. The maximum Gasteiger partial charge on any atom is 0.293 e. The first-order valence-corrected chi connectivity index (χ1v) is 3.25. The molecule has 0 bridgehead atoms. The van der Waals surface area contributed by atoms with E-state index >= 15 is 0 Å². The lowest BCUT2D eigenvalue weighted by Gasteiger charge is -1.87. The fourth-order valence-corrected chi connectivity index (χ4v) is 0.667. The van der Waals surface area contributed by atoms with Gasteiger partial charge in [0, 0.05) is 5.56 Å². The van der Waals surface area contributed by atoms with E-state index < -0.39 is 5.91 Å². The molecule has 0 saturated carbocycles. The van der Waals surface area contributed by atoms with Crippen molar-refractivity contribution in [3.05, 3.63) is 35.6 Å². The Balaban J connectivity index is 2.86. The van der Waals surface area contributed by atoms with E-state index in [9.17, 15) is 9.18 Å². The molecule has 2 nitrogen and oxygen atoms in total. The summed E-state index contributed by atoms with van der Waals surface area (Å²) >= 11 is 0. The fourth-order valence-electron chi connectivity index (χ4n) is 0.667. The molecule has 0 unspecified atom stereocenters. The highest BCUT2D eigenvalue weighted by Crippen LogP contribution is 1.99. The van der Waals surface area contributed by atoms with Crippen LogP contribution in [0.1, 0.15) is 5.56 Å². The summed E-state index contributed by atoms with van der Waals surface area (Å²) in [6.45, 7) is 0. The molecule has 0 aliphatic rings. The number of halogens is 1. The Hall–Kier alpha value is -1.82. The van der Waals surface area contributed by atoms with Gasteiger partial charge in [-0.15, -0.1) is 0 Å². The molecule has 0 fully saturated rings. The minimum absolute atomic E-state index is 0.334. The van der Waals surface area contributed by atoms with Crippen molar-refractivity contribution in [1.29, 1.82) is 0 Å². The summed E-state index contributed by atoms with van der Waals surface area (Å²) in [6, 6.07) is 5.49. The molecule has 1 amide bonds. The van der Waals surface area contributed by atoms with Crippen molar-refractivity contribution in [2.45, 2.75) is 0 Å². The molecule has 3 heteroatoms. The normalized spacial score (nSPS) is 8.42. The molecule has 0 atom stereocenters. The van der Waals surface area contributed by atoms with Crippen LogP contribution < -0.4 is 5.73 Å². The maximum absolute atomic E-state index is 12.3. The fraction of sp³-hybridized carbons (Fsp3) is 0. The van der Waals surface area contributed by atoms with E-state index in [1.165, 1.54) is 24.3 Å². The second-order valence-corrected chi connectivity index (χ2v) is 2.12. The lowest BCUT2D eigenvalue weighted by atomic mass is 10.2. The predicted molar refractivity (Wildman–Crippen MR) is 42.5 cm³/mol. The second kappa shape index (κ2) is 3.54. The first-order valence-electron chi connectivity index (χ1n) is 3.25. The van der Waals surface area contributed by atoms with Gasteiger partial charge >= 0.3 is 0 Å². The van der Waals surface area contributed by atoms with Crippen LogP contribution in [-0.2, 0) is 4.79 Å². The third kappa shape index (κ3) is 2.43. The molecular weight excluding hydrogens is 157 g/mol. The lowest BCUT2D eigenvalue weighted by Crippen LogP contribution is -2.06. The SMILES string of the molecule is NC(=O)C#Cc1ccc(F)cc1. The average Bonchev–Trinajstić information content (AvgIpc) is 2.03. The number of carbonyl (C=O) groups is 1. The largest absolute Gasteiger partial charge is 0.359 e. The van der Waals surface area contributed by atoms with E-state index in [2.05, 4.69) is 11.8 Å². The number of rotatable bonds is 0. The third-order valence-electron chi connectivity index (χ3n) is 1.17. The first kappa shape index (κ1) is 8.28. The monoisotopic (exact) mass is 163 g/mol. The van der Waals surface area contributed by atoms with E-state index in [-0.39, 0.29) is 5.82 Å². The topological polar surface area (TPSA) is 43.1 Å². The molecule has 0 aliphatic carbocycles. The van der Waals surface area contributed by atoms with Gasteiger partial charge in [-0.05, 0) is 30.2 Å². The van der Waals surface area contributed by atoms with Gasteiger partial charge in [0.1, 0.15) is 5.82 Å². The lowest BCUT2D eigenvalue weighted by molar-refractivity contribution is -0.112. The molecule has 0 spiro atoms. The maximum atomic E-state index is 12.3. The average molecular weight is 163 g/mol. The van der Waals surface area contributed by atoms with Crippen LogP contribution in [0.3, 0.4) is 0 Å². The molecule has 0 saturated heterocycles. The van der Waals surface area contributed by atoms with E-state index in [0.29, 0.717) is 5.56 Å². The van der Waals surface area contributed by atoms with Gasteiger partial charge in [0.2, 0.25) is 0 Å². The van der Waals surface area contributed by atoms with Crippen LogP contribution in [0.5, 0.6) is 0 Å². The number of nitrogens with two attached hydrogens (primary N) is 1. The molecule has 1 aromatic rings. The third-order valence-corrected chi connectivity index (χ3v) is 1.17. The predicted octanol–water partition coefficient (Wildman–Crippen LogP) is 0.663. The molecule has 1 aromatic carbocycles. The Morgan fingerprint density at radius 1 is 1.33 bits per heavy atom. The molecule has 2 N–H and O–H groups in total. The smallest absolute Gasteiger partial charge is 0.293 e. The van der Waals surface area contributed by atoms with Crippen molar-refractivity contribution in [1.82, 2.24) is 0 Å². The number of benzene rings is 1. The summed E-state index contributed by atoms with van der Waals surface area (Å²) in [6.07, 6.45) is 0. The van der Waals surface area contributed by atoms with Crippen LogP contribution in [0.25, 0.3) is 0 Å². The number of hydrogen-bond acceptors (Lipinski definition) is 1. The molecule has 60 valence electrons. The van der Waals surface area contributed by atoms with Crippen LogP contribution >= 0.6 is 0 Å². The Kier molecular flexibility index (Phi) is 2.44. The highest BCUT2D eigenvalue weighted by molar-refractivity contribution is 5.92. The summed E-state index contributed by atoms with van der Waals surface area (Å²) in [5.41, 5.74) is 5.35. The van der Waals surface area contributed by atoms with Crippen molar-refractivity contribution in [2.24, 2.45) is 5.73 Å². The van der Waals surface area contributed by atoms with Gasteiger partial charge in [0.15, 0.2) is 0 Å². The second-order valence-electron chi connectivity index (χ2n) is 2.12. The van der Waals surface area contributed by atoms with Gasteiger partial charge in [-0.1, -0.05) is 5.92 Å². The van der Waals surface area contributed by atoms with E-state index in [4.69, 9.17) is 5.73 Å². The van der Waals surface area contributed by atoms with Crippen LogP contribution in [0.4, 0.5) is 4.39 Å². The Morgan fingerprint density at radius 2 is 1.92 bits per heavy atom. The van der Waals surface area contributed by atoms with E-state index in [1.54, 1.807) is 0 Å². The molecule has 0 heterocycles. The molecule has 1 rings (SSSR count). The molecule has 0 aromatic heterocycles. The van der Waals surface area contributed by atoms with Gasteiger partial charge in [0.25, 0.3) is 5.91 Å². The van der Waals surface area contributed by atoms with Crippen LogP contribution in [0.15, 0.2) is 24.3 Å². The standard InChI is InChI=1S/C9H6FNO/c10-8-4-1-7(2-5-8)3-6-9(11)12/h1-2,4-5H,(H2,11,12). The zero-order valence-electron chi connectivity index (χ0n) is 6.17. The van der Waals surface area contributed by atoms with Crippen LogP contribution in [0.2, 0.25) is 0 Å². The highest BCUT2D eigenvalue weighted by Gasteiger charge is 1.88. The molecule has 12 heavy (non-hydrogen) atoms. The van der Waals surface area contributed by atoms with Gasteiger partial charge in [0.05, 0.1) is 0 Å². The zero-order chi connectivity index (χ0) is 8.97. The minimum atomic E-state index is -0.695. The first-order chi connectivity index (χ1) is 5.68. The van der Waals surface area contributed by atoms with Gasteiger partial charge in [-0.3, -0.25) is 4.79 Å². The minimum Gasteiger partial charge on any atom is -0.359 e.